The number of benzene rings is 1. The Morgan fingerprint density at radius 3 is 2.97 bits per heavy atom. The molecule has 31 heavy (non-hydrogen) atoms. The van der Waals surface area contributed by atoms with Gasteiger partial charge in [-0.15, -0.1) is 11.3 Å². The second-order valence-electron chi connectivity index (χ2n) is 8.16. The third-order valence-corrected chi connectivity index (χ3v) is 7.37. The molecule has 2 atom stereocenters. The molecule has 1 fully saturated rings. The number of nitrogens with zero attached hydrogens (tertiary/aromatic N) is 2. The van der Waals surface area contributed by atoms with Crippen molar-refractivity contribution < 1.29 is 9.32 Å². The summed E-state index contributed by atoms with van der Waals surface area (Å²) in [5.74, 6) is 0.274. The molecule has 4 aromatic rings. The molecule has 6 nitrogen and oxygen atoms in total. The molecule has 0 saturated heterocycles. The number of aryl methyl sites for hydroxylation is 1. The second-order valence-corrected chi connectivity index (χ2v) is 9.51. The molecule has 1 saturated carbocycles. The van der Waals surface area contributed by atoms with Gasteiger partial charge in [0.25, 0.3) is 11.5 Å². The van der Waals surface area contributed by atoms with E-state index in [0.29, 0.717) is 34.1 Å². The van der Waals surface area contributed by atoms with Crippen molar-refractivity contribution in [1.82, 2.24) is 15.0 Å². The van der Waals surface area contributed by atoms with Crippen LogP contribution in [0.5, 0.6) is 0 Å². The first-order valence-corrected chi connectivity index (χ1v) is 11.7. The summed E-state index contributed by atoms with van der Waals surface area (Å²) in [6.07, 6.45) is 3.76. The second kappa shape index (κ2) is 8.13. The molecule has 0 aliphatic heterocycles. The minimum Gasteiger partial charge on any atom is -0.355 e. The number of carbonyl (C=O) groups excluding carboxylic acids is 1. The summed E-state index contributed by atoms with van der Waals surface area (Å²) >= 11 is 7.96. The normalized spacial score (nSPS) is 19.2. The van der Waals surface area contributed by atoms with Gasteiger partial charge in [0.15, 0.2) is 5.58 Å². The van der Waals surface area contributed by atoms with Gasteiger partial charge < -0.3 is 14.4 Å². The van der Waals surface area contributed by atoms with Crippen molar-refractivity contribution in [3.8, 4) is 0 Å². The van der Waals surface area contributed by atoms with E-state index in [4.69, 9.17) is 16.1 Å². The van der Waals surface area contributed by atoms with E-state index < -0.39 is 0 Å². The fourth-order valence-electron chi connectivity index (χ4n) is 4.74. The summed E-state index contributed by atoms with van der Waals surface area (Å²) in [5, 5.41) is 10.8. The molecule has 1 aromatic carbocycles. The molecule has 3 heterocycles. The zero-order valence-electron chi connectivity index (χ0n) is 17.1. The number of nitrogens with one attached hydrogen (secondary N) is 1. The summed E-state index contributed by atoms with van der Waals surface area (Å²) in [7, 11) is 0. The Kier molecular flexibility index (Phi) is 5.32. The van der Waals surface area contributed by atoms with Crippen LogP contribution in [-0.4, -0.2) is 22.2 Å². The van der Waals surface area contributed by atoms with Crippen LogP contribution >= 0.6 is 22.9 Å². The zero-order valence-corrected chi connectivity index (χ0v) is 18.6. The molecule has 1 aliphatic rings. The molecule has 1 N–H and O–H groups in total. The number of halogens is 1. The van der Waals surface area contributed by atoms with E-state index in [-0.39, 0.29) is 17.5 Å². The van der Waals surface area contributed by atoms with Crippen molar-refractivity contribution in [2.75, 3.05) is 6.54 Å². The van der Waals surface area contributed by atoms with Gasteiger partial charge in [0.05, 0.1) is 26.5 Å². The first-order valence-electron chi connectivity index (χ1n) is 10.4. The number of thiophene rings is 1. The Hall–Kier alpha value is -2.64. The van der Waals surface area contributed by atoms with Gasteiger partial charge in [0, 0.05) is 12.6 Å². The Balaban J connectivity index is 1.49. The SMILES string of the molecule is Cc1noc2c1c(=O)n([C@H]1CCC[C@@H](CNC(=O)c3cccs3)C1)c1cccc(Cl)c21. The standard InChI is InChI=1S/C23H22ClN3O3S/c1-13-19-21(30-26-13)20-16(24)7-3-8-17(20)27(23(19)29)15-6-2-5-14(11-15)12-25-22(28)18-9-4-10-31-18/h3-4,7-10,14-15H,2,5-6,11-12H2,1H3,(H,25,28)/t14-,15+/m1/s1. The highest BCUT2D eigenvalue weighted by molar-refractivity contribution is 7.12. The van der Waals surface area contributed by atoms with Crippen LogP contribution in [0.3, 0.4) is 0 Å². The monoisotopic (exact) mass is 455 g/mol. The fraction of sp³-hybridized carbons (Fsp3) is 0.348. The molecule has 160 valence electrons. The fourth-order valence-corrected chi connectivity index (χ4v) is 5.63. The first kappa shape index (κ1) is 20.3. The largest absolute Gasteiger partial charge is 0.355 e. The van der Waals surface area contributed by atoms with Crippen LogP contribution in [0.4, 0.5) is 0 Å². The maximum absolute atomic E-state index is 13.5. The minimum atomic E-state index is -0.0863. The third-order valence-electron chi connectivity index (χ3n) is 6.19. The van der Waals surface area contributed by atoms with Gasteiger partial charge in [0.1, 0.15) is 5.39 Å². The minimum absolute atomic E-state index is 0.0320. The number of amides is 1. The van der Waals surface area contributed by atoms with E-state index in [1.165, 1.54) is 11.3 Å². The molecular formula is C23H22ClN3O3S. The van der Waals surface area contributed by atoms with E-state index in [9.17, 15) is 9.59 Å². The van der Waals surface area contributed by atoms with Crippen LogP contribution in [0, 0.1) is 12.8 Å². The predicted molar refractivity (Wildman–Crippen MR) is 123 cm³/mol. The van der Waals surface area contributed by atoms with E-state index in [1.807, 2.05) is 34.2 Å². The molecule has 8 heteroatoms. The van der Waals surface area contributed by atoms with Crippen molar-refractivity contribution in [3.63, 3.8) is 0 Å². The average molecular weight is 456 g/mol. The summed E-state index contributed by atoms with van der Waals surface area (Å²) in [4.78, 5) is 26.6. The number of carbonyl (C=O) groups is 1. The molecular weight excluding hydrogens is 434 g/mol. The Morgan fingerprint density at radius 2 is 2.16 bits per heavy atom. The topological polar surface area (TPSA) is 77.1 Å². The number of rotatable bonds is 4. The molecule has 0 radical (unpaired) electrons. The average Bonchev–Trinajstić information content (AvgIpc) is 3.43. The summed E-state index contributed by atoms with van der Waals surface area (Å²) in [6.45, 7) is 2.39. The van der Waals surface area contributed by atoms with Crippen molar-refractivity contribution in [3.05, 3.63) is 61.7 Å². The van der Waals surface area contributed by atoms with E-state index >= 15 is 0 Å². The molecule has 3 aromatic heterocycles. The van der Waals surface area contributed by atoms with Gasteiger partial charge in [-0.05, 0) is 55.7 Å². The highest BCUT2D eigenvalue weighted by atomic mass is 35.5. The van der Waals surface area contributed by atoms with Crippen molar-refractivity contribution in [2.24, 2.45) is 5.92 Å². The van der Waals surface area contributed by atoms with Gasteiger partial charge in [0.2, 0.25) is 0 Å². The van der Waals surface area contributed by atoms with Crippen LogP contribution in [0.1, 0.15) is 47.1 Å². The van der Waals surface area contributed by atoms with Crippen molar-refractivity contribution in [1.29, 1.82) is 0 Å². The molecule has 0 bridgehead atoms. The lowest BCUT2D eigenvalue weighted by Crippen LogP contribution is -2.34. The molecule has 0 spiro atoms. The number of aromatic nitrogens is 2. The number of hydrogen-bond donors (Lipinski definition) is 1. The van der Waals surface area contributed by atoms with E-state index in [1.54, 1.807) is 13.0 Å². The highest BCUT2D eigenvalue weighted by Crippen LogP contribution is 2.37. The predicted octanol–water partition coefficient (Wildman–Crippen LogP) is 5.33. The Bertz CT molecular complexity index is 1330. The van der Waals surface area contributed by atoms with Crippen LogP contribution in [-0.2, 0) is 0 Å². The lowest BCUT2D eigenvalue weighted by molar-refractivity contribution is 0.0944. The quantitative estimate of drug-likeness (QED) is 0.451. The number of fused-ring (bicyclic) bond motifs is 3. The summed E-state index contributed by atoms with van der Waals surface area (Å²) in [5.41, 5.74) is 1.72. The highest BCUT2D eigenvalue weighted by Gasteiger charge is 2.28. The van der Waals surface area contributed by atoms with Crippen LogP contribution in [0.25, 0.3) is 21.9 Å². The van der Waals surface area contributed by atoms with Gasteiger partial charge >= 0.3 is 0 Å². The number of hydrogen-bond acceptors (Lipinski definition) is 5. The smallest absolute Gasteiger partial charge is 0.264 e. The van der Waals surface area contributed by atoms with E-state index in [2.05, 4.69) is 10.5 Å². The number of pyridine rings is 1. The maximum atomic E-state index is 13.5. The lowest BCUT2D eigenvalue weighted by Gasteiger charge is -2.31. The molecule has 5 rings (SSSR count). The lowest BCUT2D eigenvalue weighted by atomic mass is 9.85. The zero-order chi connectivity index (χ0) is 21.5. The van der Waals surface area contributed by atoms with E-state index in [0.717, 1.165) is 41.5 Å². The maximum Gasteiger partial charge on any atom is 0.264 e. The van der Waals surface area contributed by atoms with Crippen LogP contribution < -0.4 is 10.9 Å². The summed E-state index contributed by atoms with van der Waals surface area (Å²) < 4.78 is 7.37. The Labute approximate surface area is 187 Å². The van der Waals surface area contributed by atoms with Gasteiger partial charge in [-0.1, -0.05) is 35.3 Å². The Morgan fingerprint density at radius 1 is 1.29 bits per heavy atom. The molecule has 1 aliphatic carbocycles. The van der Waals surface area contributed by atoms with Gasteiger partial charge in [-0.3, -0.25) is 9.59 Å². The third kappa shape index (κ3) is 3.55. The van der Waals surface area contributed by atoms with Crippen molar-refractivity contribution in [2.45, 2.75) is 38.6 Å². The summed E-state index contributed by atoms with van der Waals surface area (Å²) in [6, 6.07) is 9.32. The van der Waals surface area contributed by atoms with Crippen LogP contribution in [0.15, 0.2) is 45.0 Å². The van der Waals surface area contributed by atoms with Crippen LogP contribution in [0.2, 0.25) is 5.02 Å². The molecule has 0 unspecified atom stereocenters. The first-order chi connectivity index (χ1) is 15.0. The van der Waals surface area contributed by atoms with Gasteiger partial charge in [-0.25, -0.2) is 0 Å². The molecule has 1 amide bonds. The van der Waals surface area contributed by atoms with Gasteiger partial charge in [-0.2, -0.15) is 0 Å². The van der Waals surface area contributed by atoms with Crippen molar-refractivity contribution >= 4 is 50.7 Å².